The molecule has 2 amide bonds. The summed E-state index contributed by atoms with van der Waals surface area (Å²) in [6.45, 7) is 4.53. The second kappa shape index (κ2) is 8.31. The second-order valence-corrected chi connectivity index (χ2v) is 5.84. The molecule has 6 nitrogen and oxygen atoms in total. The number of para-hydroxylation sites is 1. The number of hydrogen-bond acceptors (Lipinski definition) is 4. The Balaban J connectivity index is 1.77. The predicted octanol–water partition coefficient (Wildman–Crippen LogP) is 2.08. The van der Waals surface area contributed by atoms with E-state index in [2.05, 4.69) is 10.6 Å². The van der Waals surface area contributed by atoms with Crippen LogP contribution in [-0.2, 0) is 16.1 Å². The molecule has 128 valence electrons. The molecular weight excluding hydrogens is 306 g/mol. The largest absolute Gasteiger partial charge is 0.467 e. The fraction of sp³-hybridized carbons (Fsp3) is 0.333. The molecule has 0 spiro atoms. The van der Waals surface area contributed by atoms with E-state index in [4.69, 9.17) is 4.42 Å². The summed E-state index contributed by atoms with van der Waals surface area (Å²) < 4.78 is 5.15. The van der Waals surface area contributed by atoms with Gasteiger partial charge < -0.3 is 15.1 Å². The zero-order valence-corrected chi connectivity index (χ0v) is 14.3. The van der Waals surface area contributed by atoms with E-state index in [-0.39, 0.29) is 24.9 Å². The van der Waals surface area contributed by atoms with E-state index < -0.39 is 0 Å². The number of hydrogen-bond donors (Lipinski definition) is 2. The Hall–Kier alpha value is -2.60. The van der Waals surface area contributed by atoms with Crippen molar-refractivity contribution in [3.05, 3.63) is 53.5 Å². The Morgan fingerprint density at radius 3 is 2.33 bits per heavy atom. The summed E-state index contributed by atoms with van der Waals surface area (Å²) in [5.41, 5.74) is 2.86. The molecule has 0 saturated carbocycles. The summed E-state index contributed by atoms with van der Waals surface area (Å²) in [6.07, 6.45) is 1.56. The minimum atomic E-state index is -0.159. The van der Waals surface area contributed by atoms with E-state index in [0.29, 0.717) is 12.3 Å². The first-order chi connectivity index (χ1) is 11.5. The van der Waals surface area contributed by atoms with Crippen LogP contribution in [0.3, 0.4) is 0 Å². The van der Waals surface area contributed by atoms with Gasteiger partial charge in [0.05, 0.1) is 25.9 Å². The number of rotatable bonds is 7. The van der Waals surface area contributed by atoms with Gasteiger partial charge in [-0.05, 0) is 44.2 Å². The molecule has 2 rings (SSSR count). The van der Waals surface area contributed by atoms with E-state index >= 15 is 0 Å². The van der Waals surface area contributed by atoms with Gasteiger partial charge in [0.2, 0.25) is 11.8 Å². The van der Waals surface area contributed by atoms with Gasteiger partial charge in [-0.2, -0.15) is 0 Å². The normalized spacial score (nSPS) is 10.7. The van der Waals surface area contributed by atoms with Crippen molar-refractivity contribution in [2.45, 2.75) is 20.4 Å². The van der Waals surface area contributed by atoms with E-state index in [0.717, 1.165) is 16.8 Å². The first-order valence-corrected chi connectivity index (χ1v) is 7.79. The van der Waals surface area contributed by atoms with Gasteiger partial charge in [0, 0.05) is 5.69 Å². The summed E-state index contributed by atoms with van der Waals surface area (Å²) in [4.78, 5) is 25.7. The van der Waals surface area contributed by atoms with Gasteiger partial charge in [-0.3, -0.25) is 14.5 Å². The third-order valence-electron chi connectivity index (χ3n) is 3.61. The Labute approximate surface area is 141 Å². The summed E-state index contributed by atoms with van der Waals surface area (Å²) in [5, 5.41) is 5.66. The van der Waals surface area contributed by atoms with Crippen LogP contribution in [0, 0.1) is 13.8 Å². The van der Waals surface area contributed by atoms with Crippen LogP contribution in [0.1, 0.15) is 16.9 Å². The lowest BCUT2D eigenvalue weighted by atomic mass is 10.1. The monoisotopic (exact) mass is 329 g/mol. The van der Waals surface area contributed by atoms with Crippen LogP contribution in [0.4, 0.5) is 5.69 Å². The number of nitrogens with zero attached hydrogens (tertiary/aromatic N) is 1. The van der Waals surface area contributed by atoms with Crippen LogP contribution in [0.15, 0.2) is 41.0 Å². The van der Waals surface area contributed by atoms with Crippen molar-refractivity contribution >= 4 is 17.5 Å². The molecule has 0 aliphatic rings. The summed E-state index contributed by atoms with van der Waals surface area (Å²) in [6, 6.07) is 9.42. The molecule has 0 aliphatic carbocycles. The number of amides is 2. The van der Waals surface area contributed by atoms with E-state index in [1.807, 2.05) is 32.0 Å². The third kappa shape index (κ3) is 5.24. The number of benzene rings is 1. The molecule has 1 aromatic carbocycles. The maximum absolute atomic E-state index is 12.2. The molecule has 0 fully saturated rings. The molecule has 0 radical (unpaired) electrons. The molecule has 2 aromatic rings. The summed E-state index contributed by atoms with van der Waals surface area (Å²) in [5.74, 6) is 0.390. The highest BCUT2D eigenvalue weighted by atomic mass is 16.3. The molecule has 1 heterocycles. The van der Waals surface area contributed by atoms with E-state index in [9.17, 15) is 9.59 Å². The van der Waals surface area contributed by atoms with Crippen LogP contribution in [0.2, 0.25) is 0 Å². The molecule has 0 unspecified atom stereocenters. The highest BCUT2D eigenvalue weighted by molar-refractivity contribution is 5.94. The Bertz CT molecular complexity index is 675. The van der Waals surface area contributed by atoms with Crippen molar-refractivity contribution in [2.75, 3.05) is 25.5 Å². The van der Waals surface area contributed by atoms with Crippen LogP contribution in [-0.4, -0.2) is 36.9 Å². The Morgan fingerprint density at radius 1 is 1.04 bits per heavy atom. The SMILES string of the molecule is Cc1cccc(C)c1NC(=O)CN(C)CC(=O)NCc1ccco1. The zero-order valence-electron chi connectivity index (χ0n) is 14.3. The number of likely N-dealkylation sites (N-methyl/N-ethyl adjacent to an activating group) is 1. The lowest BCUT2D eigenvalue weighted by molar-refractivity contribution is -0.123. The topological polar surface area (TPSA) is 74.6 Å². The molecule has 24 heavy (non-hydrogen) atoms. The quantitative estimate of drug-likeness (QED) is 0.815. The number of furan rings is 1. The van der Waals surface area contributed by atoms with Crippen molar-refractivity contribution in [3.63, 3.8) is 0 Å². The van der Waals surface area contributed by atoms with Crippen molar-refractivity contribution in [1.82, 2.24) is 10.2 Å². The smallest absolute Gasteiger partial charge is 0.238 e. The van der Waals surface area contributed by atoms with Gasteiger partial charge in [0.15, 0.2) is 0 Å². The summed E-state index contributed by atoms with van der Waals surface area (Å²) in [7, 11) is 1.73. The molecule has 1 aromatic heterocycles. The van der Waals surface area contributed by atoms with Gasteiger partial charge in [-0.1, -0.05) is 18.2 Å². The number of aryl methyl sites for hydroxylation is 2. The average molecular weight is 329 g/mol. The van der Waals surface area contributed by atoms with Crippen LogP contribution in [0.25, 0.3) is 0 Å². The minimum Gasteiger partial charge on any atom is -0.467 e. The number of nitrogens with one attached hydrogen (secondary N) is 2. The first-order valence-electron chi connectivity index (χ1n) is 7.79. The molecule has 0 aliphatic heterocycles. The molecule has 0 atom stereocenters. The highest BCUT2D eigenvalue weighted by Crippen LogP contribution is 2.19. The molecule has 6 heteroatoms. The maximum atomic E-state index is 12.2. The van der Waals surface area contributed by atoms with Crippen LogP contribution in [0.5, 0.6) is 0 Å². The van der Waals surface area contributed by atoms with Gasteiger partial charge in [-0.15, -0.1) is 0 Å². The average Bonchev–Trinajstić information content (AvgIpc) is 3.02. The molecular formula is C18H23N3O3. The minimum absolute atomic E-state index is 0.140. The van der Waals surface area contributed by atoms with Gasteiger partial charge in [0.1, 0.15) is 5.76 Å². The third-order valence-corrected chi connectivity index (χ3v) is 3.61. The van der Waals surface area contributed by atoms with E-state index in [1.165, 1.54) is 0 Å². The maximum Gasteiger partial charge on any atom is 0.238 e. The number of carbonyl (C=O) groups excluding carboxylic acids is 2. The zero-order chi connectivity index (χ0) is 17.5. The summed E-state index contributed by atoms with van der Waals surface area (Å²) >= 11 is 0. The van der Waals surface area contributed by atoms with E-state index in [1.54, 1.807) is 30.3 Å². The van der Waals surface area contributed by atoms with Gasteiger partial charge in [-0.25, -0.2) is 0 Å². The van der Waals surface area contributed by atoms with Crippen molar-refractivity contribution in [3.8, 4) is 0 Å². The van der Waals surface area contributed by atoms with Gasteiger partial charge >= 0.3 is 0 Å². The highest BCUT2D eigenvalue weighted by Gasteiger charge is 2.12. The molecule has 0 saturated heterocycles. The predicted molar refractivity (Wildman–Crippen MR) is 92.6 cm³/mol. The van der Waals surface area contributed by atoms with Crippen LogP contribution >= 0.6 is 0 Å². The Morgan fingerprint density at radius 2 is 1.71 bits per heavy atom. The second-order valence-electron chi connectivity index (χ2n) is 5.84. The Kier molecular flexibility index (Phi) is 6.14. The van der Waals surface area contributed by atoms with Crippen molar-refractivity contribution < 1.29 is 14.0 Å². The standard InChI is InChI=1S/C18H23N3O3/c1-13-6-4-7-14(2)18(13)20-17(23)12-21(3)11-16(22)19-10-15-8-5-9-24-15/h4-9H,10-12H2,1-3H3,(H,19,22)(H,20,23). The lowest BCUT2D eigenvalue weighted by Crippen LogP contribution is -2.38. The fourth-order valence-corrected chi connectivity index (χ4v) is 2.39. The van der Waals surface area contributed by atoms with Crippen LogP contribution < -0.4 is 10.6 Å². The number of anilines is 1. The molecule has 2 N–H and O–H groups in total. The van der Waals surface area contributed by atoms with Crippen molar-refractivity contribution in [1.29, 1.82) is 0 Å². The van der Waals surface area contributed by atoms with Crippen molar-refractivity contribution in [2.24, 2.45) is 0 Å². The molecule has 0 bridgehead atoms. The number of carbonyl (C=O) groups is 2. The van der Waals surface area contributed by atoms with Gasteiger partial charge in [0.25, 0.3) is 0 Å². The lowest BCUT2D eigenvalue weighted by Gasteiger charge is -2.17. The first kappa shape index (κ1) is 17.7. The fourth-order valence-electron chi connectivity index (χ4n) is 2.39.